The van der Waals surface area contributed by atoms with Crippen LogP contribution in [0.5, 0.6) is 5.75 Å². The smallest absolute Gasteiger partial charge is 0.153 e. The fraction of sp³-hybridized carbons (Fsp3) is 0.0625. The Morgan fingerprint density at radius 1 is 1.17 bits per heavy atom. The summed E-state index contributed by atoms with van der Waals surface area (Å²) in [4.78, 5) is 4.43. The van der Waals surface area contributed by atoms with Gasteiger partial charge in [0.1, 0.15) is 0 Å². The number of para-hydroxylation sites is 1. The number of aromatic nitrogens is 1. The van der Waals surface area contributed by atoms with Crippen LogP contribution >= 0.6 is 0 Å². The molecular weight excluding hydrogens is 222 g/mol. The van der Waals surface area contributed by atoms with E-state index in [2.05, 4.69) is 29.3 Å². The first kappa shape index (κ1) is 9.66. The summed E-state index contributed by atoms with van der Waals surface area (Å²) < 4.78 is 5.70. The number of fused-ring (bicyclic) bond motifs is 5. The van der Waals surface area contributed by atoms with Crippen LogP contribution in [-0.2, 0) is 0 Å². The Kier molecular flexibility index (Phi) is 1.92. The third-order valence-electron chi connectivity index (χ3n) is 3.42. The van der Waals surface area contributed by atoms with Gasteiger partial charge >= 0.3 is 0 Å². The molecule has 1 aromatic carbocycles. The highest BCUT2D eigenvalue weighted by Gasteiger charge is 2.21. The maximum Gasteiger partial charge on any atom is 0.153 e. The molecule has 86 valence electrons. The summed E-state index contributed by atoms with van der Waals surface area (Å²) in [5.74, 6) is 0.846. The lowest BCUT2D eigenvalue weighted by Crippen LogP contribution is -2.05. The molecule has 0 unspecified atom stereocenters. The molecule has 0 spiro atoms. The molecule has 2 aromatic rings. The van der Waals surface area contributed by atoms with Crippen molar-refractivity contribution in [1.82, 2.24) is 4.98 Å². The first-order valence-electron chi connectivity index (χ1n) is 6.04. The largest absolute Gasteiger partial charge is 0.462 e. The van der Waals surface area contributed by atoms with Crippen LogP contribution in [-0.4, -0.2) is 4.98 Å². The Morgan fingerprint density at radius 2 is 2.11 bits per heavy atom. The van der Waals surface area contributed by atoms with E-state index in [9.17, 15) is 0 Å². The maximum atomic E-state index is 5.70. The zero-order chi connectivity index (χ0) is 11.9. The molecule has 2 aliphatic rings. The molecule has 18 heavy (non-hydrogen) atoms. The second-order valence-electron chi connectivity index (χ2n) is 4.49. The van der Waals surface area contributed by atoms with Crippen molar-refractivity contribution in [2.45, 2.75) is 6.42 Å². The molecule has 2 heterocycles. The maximum absolute atomic E-state index is 5.70. The molecule has 2 heteroatoms. The van der Waals surface area contributed by atoms with Gasteiger partial charge in [-0.2, -0.15) is 0 Å². The van der Waals surface area contributed by atoms with Crippen molar-refractivity contribution in [3.63, 3.8) is 0 Å². The number of ether oxygens (including phenoxy) is 1. The van der Waals surface area contributed by atoms with E-state index in [-0.39, 0.29) is 0 Å². The van der Waals surface area contributed by atoms with Crippen molar-refractivity contribution < 1.29 is 4.74 Å². The van der Waals surface area contributed by atoms with Crippen LogP contribution in [0.2, 0.25) is 0 Å². The van der Waals surface area contributed by atoms with Gasteiger partial charge in [-0.05, 0) is 23.6 Å². The van der Waals surface area contributed by atoms with Crippen molar-refractivity contribution >= 4 is 16.5 Å². The van der Waals surface area contributed by atoms with Crippen LogP contribution in [0.15, 0.2) is 60.5 Å². The number of nitrogens with zero attached hydrogens (tertiary/aromatic N) is 1. The minimum Gasteiger partial charge on any atom is -0.462 e. The highest BCUT2D eigenvalue weighted by atomic mass is 16.5. The second-order valence-corrected chi connectivity index (χ2v) is 4.49. The molecule has 0 atom stereocenters. The molecular formula is C16H11NO. The van der Waals surface area contributed by atoms with Gasteiger partial charge in [-0.3, -0.25) is 4.98 Å². The monoisotopic (exact) mass is 233 g/mol. The topological polar surface area (TPSA) is 22.1 Å². The number of hydrogen-bond donors (Lipinski definition) is 0. The summed E-state index contributed by atoms with van der Waals surface area (Å²) in [5.41, 5.74) is 4.68. The molecule has 0 saturated carbocycles. The van der Waals surface area contributed by atoms with Crippen LogP contribution in [0.4, 0.5) is 0 Å². The predicted molar refractivity (Wildman–Crippen MR) is 72.2 cm³/mol. The van der Waals surface area contributed by atoms with Gasteiger partial charge in [-0.15, -0.1) is 0 Å². The van der Waals surface area contributed by atoms with Crippen LogP contribution < -0.4 is 4.74 Å². The Bertz CT molecular complexity index is 738. The van der Waals surface area contributed by atoms with E-state index in [1.807, 2.05) is 30.7 Å². The Balaban J connectivity index is 2.10. The van der Waals surface area contributed by atoms with Crippen molar-refractivity contribution in [3.8, 4) is 5.75 Å². The van der Waals surface area contributed by atoms with Crippen molar-refractivity contribution in [3.05, 3.63) is 66.1 Å². The molecule has 0 radical (unpaired) electrons. The summed E-state index contributed by atoms with van der Waals surface area (Å²) in [6.45, 7) is 0. The van der Waals surface area contributed by atoms with E-state index in [1.54, 1.807) is 0 Å². The van der Waals surface area contributed by atoms with Gasteiger partial charge in [0.05, 0.1) is 18.0 Å². The van der Waals surface area contributed by atoms with Crippen molar-refractivity contribution in [2.75, 3.05) is 0 Å². The fourth-order valence-corrected chi connectivity index (χ4v) is 2.56. The number of pyridine rings is 1. The quantitative estimate of drug-likeness (QED) is 0.689. The van der Waals surface area contributed by atoms with Crippen LogP contribution in [0.1, 0.15) is 12.0 Å². The minimum atomic E-state index is 0.846. The molecule has 1 aliphatic heterocycles. The second kappa shape index (κ2) is 3.57. The molecule has 0 saturated heterocycles. The molecule has 2 nitrogen and oxygen atoms in total. The zero-order valence-corrected chi connectivity index (χ0v) is 9.76. The standard InChI is InChI=1S/C16H11NO/c1-2-6-12-11(5-1)10-18-15-9-17-14-8-4-3-7-13(14)16(12)15/h1-4,6-10H,5H2. The van der Waals surface area contributed by atoms with E-state index < -0.39 is 0 Å². The lowest BCUT2D eigenvalue weighted by atomic mass is 9.89. The summed E-state index contributed by atoms with van der Waals surface area (Å²) in [6.07, 6.45) is 11.0. The molecule has 0 fully saturated rings. The number of hydrogen-bond acceptors (Lipinski definition) is 2. The van der Waals surface area contributed by atoms with Gasteiger partial charge in [0.2, 0.25) is 0 Å². The van der Waals surface area contributed by atoms with E-state index >= 15 is 0 Å². The summed E-state index contributed by atoms with van der Waals surface area (Å²) in [5, 5.41) is 1.15. The van der Waals surface area contributed by atoms with Gasteiger partial charge < -0.3 is 4.74 Å². The minimum absolute atomic E-state index is 0.846. The lowest BCUT2D eigenvalue weighted by Gasteiger charge is -2.22. The fourth-order valence-electron chi connectivity index (χ4n) is 2.56. The van der Waals surface area contributed by atoms with Crippen molar-refractivity contribution in [1.29, 1.82) is 0 Å². The van der Waals surface area contributed by atoms with Crippen LogP contribution in [0.3, 0.4) is 0 Å². The third kappa shape index (κ3) is 1.26. The predicted octanol–water partition coefficient (Wildman–Crippen LogP) is 3.85. The Hall–Kier alpha value is -2.35. The first-order valence-corrected chi connectivity index (χ1v) is 6.04. The Morgan fingerprint density at radius 3 is 3.11 bits per heavy atom. The molecule has 0 N–H and O–H groups in total. The number of rotatable bonds is 0. The van der Waals surface area contributed by atoms with Gasteiger partial charge in [-0.25, -0.2) is 0 Å². The van der Waals surface area contributed by atoms with Gasteiger partial charge in [0.25, 0.3) is 0 Å². The van der Waals surface area contributed by atoms with E-state index in [0.717, 1.165) is 23.1 Å². The lowest BCUT2D eigenvalue weighted by molar-refractivity contribution is 0.468. The normalized spacial score (nSPS) is 16.4. The summed E-state index contributed by atoms with van der Waals surface area (Å²) in [6, 6.07) is 8.19. The van der Waals surface area contributed by atoms with E-state index in [4.69, 9.17) is 4.74 Å². The molecule has 1 aliphatic carbocycles. The van der Waals surface area contributed by atoms with E-state index in [1.165, 1.54) is 16.7 Å². The third-order valence-corrected chi connectivity index (χ3v) is 3.42. The highest BCUT2D eigenvalue weighted by molar-refractivity contribution is 5.99. The number of benzene rings is 1. The van der Waals surface area contributed by atoms with Crippen LogP contribution in [0, 0.1) is 0 Å². The SMILES string of the molecule is C1=CCC2=COc3cnc4ccccc4c3C2=C1. The zero-order valence-electron chi connectivity index (χ0n) is 9.76. The average Bonchev–Trinajstić information content (AvgIpc) is 2.46. The molecule has 0 amide bonds. The van der Waals surface area contributed by atoms with Gasteiger partial charge in [0.15, 0.2) is 5.75 Å². The van der Waals surface area contributed by atoms with Crippen molar-refractivity contribution in [2.24, 2.45) is 0 Å². The number of allylic oxidation sites excluding steroid dienone is 5. The molecule has 1 aromatic heterocycles. The summed E-state index contributed by atoms with van der Waals surface area (Å²) >= 11 is 0. The van der Waals surface area contributed by atoms with Crippen LogP contribution in [0.25, 0.3) is 16.5 Å². The highest BCUT2D eigenvalue weighted by Crippen LogP contribution is 2.41. The van der Waals surface area contributed by atoms with Gasteiger partial charge in [-0.1, -0.05) is 36.4 Å². The van der Waals surface area contributed by atoms with Gasteiger partial charge in [0, 0.05) is 10.9 Å². The first-order chi connectivity index (χ1) is 8.93. The summed E-state index contributed by atoms with van der Waals surface area (Å²) in [7, 11) is 0. The molecule has 4 rings (SSSR count). The average molecular weight is 233 g/mol. The molecule has 0 bridgehead atoms. The Labute approximate surface area is 105 Å². The van der Waals surface area contributed by atoms with E-state index in [0.29, 0.717) is 0 Å².